The van der Waals surface area contributed by atoms with Crippen molar-refractivity contribution < 1.29 is 28.7 Å². The Balaban J connectivity index is 1.03. The topological polar surface area (TPSA) is 175 Å². The summed E-state index contributed by atoms with van der Waals surface area (Å²) in [5.74, 6) is 1.29. The summed E-state index contributed by atoms with van der Waals surface area (Å²) in [6.45, 7) is 6.97. The maximum atomic E-state index is 13.8. The summed E-state index contributed by atoms with van der Waals surface area (Å²) in [7, 11) is 2.61. The second kappa shape index (κ2) is 16.9. The number of hydrogen-bond acceptors (Lipinski definition) is 8. The smallest absolute Gasteiger partial charge is 0.407 e. The van der Waals surface area contributed by atoms with Crippen molar-refractivity contribution >= 4 is 24.0 Å². The number of rotatable bonds is 9. The first-order valence-electron chi connectivity index (χ1n) is 21.3. The number of H-pyrrole nitrogens is 2. The molecule has 2 aliphatic carbocycles. The van der Waals surface area contributed by atoms with E-state index in [1.54, 1.807) is 0 Å². The number of alkyl carbamates (subject to hydrolysis) is 2. The number of aromatic nitrogens is 4. The average Bonchev–Trinajstić information content (AvgIpc) is 4.06. The van der Waals surface area contributed by atoms with E-state index in [1.807, 2.05) is 30.6 Å². The van der Waals surface area contributed by atoms with Crippen molar-refractivity contribution in [2.75, 3.05) is 27.3 Å². The fraction of sp³-hybridized carbons (Fsp3) is 0.511. The molecule has 2 aliphatic heterocycles. The molecule has 2 saturated heterocycles. The molecule has 0 saturated carbocycles. The first-order valence-corrected chi connectivity index (χ1v) is 21.3. The van der Waals surface area contributed by atoms with E-state index in [4.69, 9.17) is 19.4 Å². The molecule has 0 radical (unpaired) electrons. The Morgan fingerprint density at radius 1 is 0.712 bits per heavy atom. The van der Waals surface area contributed by atoms with Crippen LogP contribution in [0.2, 0.25) is 0 Å². The number of imidazole rings is 2. The Morgan fingerprint density at radius 2 is 1.20 bits per heavy atom. The van der Waals surface area contributed by atoms with E-state index < -0.39 is 24.3 Å². The van der Waals surface area contributed by atoms with E-state index in [0.717, 1.165) is 121 Å². The van der Waals surface area contributed by atoms with E-state index in [1.165, 1.54) is 25.3 Å². The maximum Gasteiger partial charge on any atom is 0.407 e. The van der Waals surface area contributed by atoms with Crippen molar-refractivity contribution in [2.45, 2.75) is 116 Å². The van der Waals surface area contributed by atoms with Crippen LogP contribution in [0.5, 0.6) is 0 Å². The van der Waals surface area contributed by atoms with Crippen molar-refractivity contribution in [2.24, 2.45) is 5.92 Å². The van der Waals surface area contributed by atoms with Crippen LogP contribution in [0.4, 0.5) is 9.59 Å². The summed E-state index contributed by atoms with van der Waals surface area (Å²) < 4.78 is 9.58. The number of methoxy groups -OCH3 is 2. The van der Waals surface area contributed by atoms with Crippen molar-refractivity contribution in [1.82, 2.24) is 40.4 Å². The van der Waals surface area contributed by atoms with Gasteiger partial charge < -0.3 is 39.9 Å². The van der Waals surface area contributed by atoms with Crippen LogP contribution in [0.25, 0.3) is 33.6 Å². The number of nitrogens with one attached hydrogen (secondary N) is 4. The molecule has 4 atom stereocenters. The number of amides is 4. The molecule has 14 nitrogen and oxygen atoms in total. The largest absolute Gasteiger partial charge is 0.453 e. The predicted octanol–water partition coefficient (Wildman–Crippen LogP) is 6.95. The molecule has 4 amide bonds. The van der Waals surface area contributed by atoms with E-state index >= 15 is 0 Å². The third kappa shape index (κ3) is 7.81. The van der Waals surface area contributed by atoms with Crippen LogP contribution in [0.15, 0.2) is 36.4 Å². The Kier molecular flexibility index (Phi) is 11.5. The van der Waals surface area contributed by atoms with Gasteiger partial charge in [0.05, 0.1) is 37.7 Å². The third-order valence-electron chi connectivity index (χ3n) is 12.7. The van der Waals surface area contributed by atoms with Gasteiger partial charge in [0.2, 0.25) is 11.8 Å². The summed E-state index contributed by atoms with van der Waals surface area (Å²) in [5.41, 5.74) is 11.2. The van der Waals surface area contributed by atoms with E-state index in [0.29, 0.717) is 19.5 Å². The molecule has 4 heterocycles. The lowest BCUT2D eigenvalue weighted by Crippen LogP contribution is -2.51. The molecule has 0 unspecified atom stereocenters. The molecule has 2 fully saturated rings. The van der Waals surface area contributed by atoms with Crippen molar-refractivity contribution in [3.63, 3.8) is 0 Å². The van der Waals surface area contributed by atoms with E-state index in [9.17, 15) is 19.2 Å². The van der Waals surface area contributed by atoms with Gasteiger partial charge in [0.25, 0.3) is 0 Å². The lowest BCUT2D eigenvalue weighted by Gasteiger charge is -2.30. The Morgan fingerprint density at radius 3 is 1.68 bits per heavy atom. The molecular weight excluding hydrogens is 749 g/mol. The summed E-state index contributed by atoms with van der Waals surface area (Å²) in [4.78, 5) is 72.8. The molecule has 2 aromatic heterocycles. The van der Waals surface area contributed by atoms with E-state index in [2.05, 4.69) is 57.0 Å². The van der Waals surface area contributed by atoms with Crippen LogP contribution in [-0.2, 0) is 44.7 Å². The van der Waals surface area contributed by atoms with Gasteiger partial charge in [0.15, 0.2) is 0 Å². The molecule has 4 N–H and O–H groups in total. The number of nitrogens with zero attached hydrogens (tertiary/aromatic N) is 4. The molecule has 0 spiro atoms. The standard InChI is InChI=1S/C45H56N8O6/c1-6-32(48-44(56)58-4)42(54)52-21-9-15-35(52)40-46-33-13-7-11-28-23-26(17-19-30(28)38(33)49-40)27-18-20-31-29(24-27)12-8-14-34-39(31)50-41(47-34)36-16-10-22-53(36)43(55)37(25(2)3)51-45(57)59-5/h17-20,23-25,32,35-37H,6-16,21-22H2,1-5H3,(H,46,49)(H,47,50)(H,48,56)(H,51,57)/t32-,35-,36-,37-/m0/s1. The van der Waals surface area contributed by atoms with Gasteiger partial charge in [-0.25, -0.2) is 19.6 Å². The zero-order valence-electron chi connectivity index (χ0n) is 34.8. The van der Waals surface area contributed by atoms with Crippen LogP contribution in [-0.4, -0.2) is 93.1 Å². The molecule has 14 heteroatoms. The van der Waals surface area contributed by atoms with Gasteiger partial charge in [-0.3, -0.25) is 9.59 Å². The summed E-state index contributed by atoms with van der Waals surface area (Å²) in [6, 6.07) is 11.7. The fourth-order valence-electron chi connectivity index (χ4n) is 9.56. The lowest BCUT2D eigenvalue weighted by molar-refractivity contribution is -0.135. The molecule has 2 aromatic carbocycles. The monoisotopic (exact) mass is 804 g/mol. The Bertz CT molecular complexity index is 2240. The van der Waals surface area contributed by atoms with Gasteiger partial charge in [0.1, 0.15) is 23.7 Å². The highest BCUT2D eigenvalue weighted by molar-refractivity contribution is 5.87. The van der Waals surface area contributed by atoms with Gasteiger partial charge in [-0.2, -0.15) is 0 Å². The zero-order chi connectivity index (χ0) is 41.4. The van der Waals surface area contributed by atoms with Crippen LogP contribution in [0.3, 0.4) is 0 Å². The molecule has 8 rings (SSSR count). The average molecular weight is 805 g/mol. The summed E-state index contributed by atoms with van der Waals surface area (Å²) in [6.07, 6.45) is 8.20. The number of carbonyl (C=O) groups excluding carboxylic acids is 4. The number of carbonyl (C=O) groups is 4. The Hall–Kier alpha value is -5.66. The highest BCUT2D eigenvalue weighted by atomic mass is 16.5. The SMILES string of the molecule is CC[C@H](NC(=O)OC)C(=O)N1CCC[C@H]1c1nc2c([nH]1)CCCc1cc(-c3ccc4c(c3)CCCc3[nH]c([C@@H]5CCCN5C(=O)[C@@H](NC(=O)OC)C(C)C)nc3-4)ccc1-2. The summed E-state index contributed by atoms with van der Waals surface area (Å²) in [5, 5.41) is 5.44. The summed E-state index contributed by atoms with van der Waals surface area (Å²) >= 11 is 0. The highest BCUT2D eigenvalue weighted by Crippen LogP contribution is 2.41. The molecule has 312 valence electrons. The first-order chi connectivity index (χ1) is 28.6. The predicted molar refractivity (Wildman–Crippen MR) is 222 cm³/mol. The van der Waals surface area contributed by atoms with Crippen molar-refractivity contribution in [1.29, 1.82) is 0 Å². The molecule has 4 aliphatic rings. The van der Waals surface area contributed by atoms with Crippen molar-refractivity contribution in [3.8, 4) is 33.6 Å². The van der Waals surface area contributed by atoms with Crippen LogP contribution >= 0.6 is 0 Å². The Labute approximate surface area is 345 Å². The second-order valence-corrected chi connectivity index (χ2v) is 16.7. The lowest BCUT2D eigenvalue weighted by atomic mass is 9.93. The number of hydrogen-bond donors (Lipinski definition) is 4. The number of benzene rings is 2. The minimum Gasteiger partial charge on any atom is -0.453 e. The number of aromatic amines is 2. The number of ether oxygens (including phenoxy) is 2. The molecule has 4 aromatic rings. The van der Waals surface area contributed by atoms with Crippen molar-refractivity contribution in [3.05, 3.63) is 70.6 Å². The normalized spacial score (nSPS) is 19.4. The molecule has 59 heavy (non-hydrogen) atoms. The second-order valence-electron chi connectivity index (χ2n) is 16.7. The van der Waals surface area contributed by atoms with Gasteiger partial charge in [-0.05, 0) is 98.8 Å². The van der Waals surface area contributed by atoms with Gasteiger partial charge >= 0.3 is 12.2 Å². The van der Waals surface area contributed by atoms with E-state index in [-0.39, 0.29) is 29.8 Å². The third-order valence-corrected chi connectivity index (χ3v) is 12.7. The molecular formula is C45H56N8O6. The van der Waals surface area contributed by atoms with Crippen LogP contribution in [0, 0.1) is 5.92 Å². The van der Waals surface area contributed by atoms with Gasteiger partial charge in [0, 0.05) is 35.6 Å². The minimum atomic E-state index is -0.681. The fourth-order valence-corrected chi connectivity index (χ4v) is 9.56. The first kappa shape index (κ1) is 40.1. The van der Waals surface area contributed by atoms with Crippen LogP contribution in [0.1, 0.15) is 112 Å². The quantitative estimate of drug-likeness (QED) is 0.141. The van der Waals surface area contributed by atoms with Crippen LogP contribution < -0.4 is 10.6 Å². The minimum absolute atomic E-state index is 0.0993. The number of aryl methyl sites for hydroxylation is 4. The maximum absolute atomic E-state index is 13.8. The highest BCUT2D eigenvalue weighted by Gasteiger charge is 2.39. The zero-order valence-corrected chi connectivity index (χ0v) is 34.8. The van der Waals surface area contributed by atoms with Gasteiger partial charge in [-0.15, -0.1) is 0 Å². The number of likely N-dealkylation sites (tertiary alicyclic amines) is 2. The number of fused-ring (bicyclic) bond motifs is 6. The molecule has 0 bridgehead atoms. The van der Waals surface area contributed by atoms with Gasteiger partial charge in [-0.1, -0.05) is 57.2 Å².